The number of halogens is 2. The van der Waals surface area contributed by atoms with E-state index in [0.717, 1.165) is 19.3 Å². The molecular formula is C32H26F2O5. The molecule has 4 aromatic rings. The molecule has 3 aromatic carbocycles. The monoisotopic (exact) mass is 528 g/mol. The van der Waals surface area contributed by atoms with Crippen LogP contribution in [0.1, 0.15) is 65.3 Å². The molecule has 0 amide bonds. The van der Waals surface area contributed by atoms with E-state index >= 15 is 0 Å². The van der Waals surface area contributed by atoms with Crippen molar-refractivity contribution in [1.82, 2.24) is 0 Å². The number of rotatable bonds is 9. The molecule has 7 heteroatoms. The maximum absolute atomic E-state index is 14.8. The average molecular weight is 529 g/mol. The fourth-order valence-electron chi connectivity index (χ4n) is 6.24. The van der Waals surface area contributed by atoms with Crippen molar-refractivity contribution < 1.29 is 32.7 Å². The lowest BCUT2D eigenvalue weighted by atomic mass is 9.43. The van der Waals surface area contributed by atoms with Gasteiger partial charge in [-0.1, -0.05) is 13.0 Å². The Morgan fingerprint density at radius 2 is 1.64 bits per heavy atom. The van der Waals surface area contributed by atoms with E-state index in [-0.39, 0.29) is 41.1 Å². The minimum atomic E-state index is -1.08. The summed E-state index contributed by atoms with van der Waals surface area (Å²) < 4.78 is 34.5. The van der Waals surface area contributed by atoms with E-state index in [9.17, 15) is 28.3 Å². The van der Waals surface area contributed by atoms with Crippen molar-refractivity contribution in [2.75, 3.05) is 0 Å². The van der Waals surface area contributed by atoms with Gasteiger partial charge in [-0.15, -0.1) is 0 Å². The topological polar surface area (TPSA) is 84.6 Å². The normalized spacial score (nSPS) is 19.4. The minimum Gasteiger partial charge on any atom is -0.481 e. The summed E-state index contributed by atoms with van der Waals surface area (Å²) in [6.45, 7) is 1.72. The van der Waals surface area contributed by atoms with Gasteiger partial charge in [0.05, 0.1) is 17.5 Å². The summed E-state index contributed by atoms with van der Waals surface area (Å²) >= 11 is 0. The van der Waals surface area contributed by atoms with E-state index in [0.29, 0.717) is 51.1 Å². The smallest absolute Gasteiger partial charge is 0.307 e. The Morgan fingerprint density at radius 3 is 2.26 bits per heavy atom. The molecule has 3 aliphatic rings. The Hall–Kier alpha value is -4.13. The van der Waals surface area contributed by atoms with Crippen LogP contribution in [0, 0.1) is 23.0 Å². The third kappa shape index (κ3) is 4.36. The summed E-state index contributed by atoms with van der Waals surface area (Å²) in [6, 6.07) is 13.1. The van der Waals surface area contributed by atoms with Crippen molar-refractivity contribution >= 4 is 28.5 Å². The van der Waals surface area contributed by atoms with Gasteiger partial charge in [0, 0.05) is 23.8 Å². The fraction of sp³-hybridized carbons (Fsp3) is 0.281. The van der Waals surface area contributed by atoms with Crippen LogP contribution < -0.4 is 0 Å². The zero-order valence-corrected chi connectivity index (χ0v) is 21.4. The highest BCUT2D eigenvalue weighted by Crippen LogP contribution is 2.66. The van der Waals surface area contributed by atoms with Gasteiger partial charge in [-0.05, 0) is 95.8 Å². The van der Waals surface area contributed by atoms with Gasteiger partial charge in [0.2, 0.25) is 0 Å². The van der Waals surface area contributed by atoms with Crippen molar-refractivity contribution in [3.8, 4) is 22.5 Å². The SMILES string of the molecule is CCC(=O)c1c(-c2ccc(F)cc2)oc2cc(CC(=O)O)c(-c3ccc(F)c(C(=O)CC45CC(C4)C5)c3)cc12. The lowest BCUT2D eigenvalue weighted by molar-refractivity contribution is -0.136. The van der Waals surface area contributed by atoms with Crippen LogP contribution >= 0.6 is 0 Å². The van der Waals surface area contributed by atoms with E-state index in [4.69, 9.17) is 4.42 Å². The number of carbonyl (C=O) groups is 3. The Balaban J connectivity index is 1.50. The van der Waals surface area contributed by atoms with E-state index < -0.39 is 17.6 Å². The summed E-state index contributed by atoms with van der Waals surface area (Å²) in [5.41, 5.74) is 2.49. The van der Waals surface area contributed by atoms with Crippen LogP contribution in [0.5, 0.6) is 0 Å². The number of Topliss-reactive ketones (excluding diaryl/α,β-unsaturated/α-hetero) is 2. The van der Waals surface area contributed by atoms with Gasteiger partial charge in [0.25, 0.3) is 0 Å². The number of hydrogen-bond donors (Lipinski definition) is 1. The molecule has 2 bridgehead atoms. The van der Waals surface area contributed by atoms with Crippen molar-refractivity contribution in [3.63, 3.8) is 0 Å². The molecule has 198 valence electrons. The third-order valence-electron chi connectivity index (χ3n) is 8.24. The summed E-state index contributed by atoms with van der Waals surface area (Å²) in [4.78, 5) is 38.0. The maximum Gasteiger partial charge on any atom is 0.307 e. The summed E-state index contributed by atoms with van der Waals surface area (Å²) in [7, 11) is 0. The number of carboxylic acid groups (broad SMARTS) is 1. The summed E-state index contributed by atoms with van der Waals surface area (Å²) in [6.07, 6.45) is 3.20. The van der Waals surface area contributed by atoms with Crippen molar-refractivity contribution in [1.29, 1.82) is 0 Å². The highest BCUT2D eigenvalue weighted by atomic mass is 19.1. The molecular weight excluding hydrogens is 502 g/mol. The van der Waals surface area contributed by atoms with Crippen molar-refractivity contribution in [2.24, 2.45) is 11.3 Å². The molecule has 1 aromatic heterocycles. The van der Waals surface area contributed by atoms with E-state index in [1.807, 2.05) is 0 Å². The Bertz CT molecular complexity index is 1650. The lowest BCUT2D eigenvalue weighted by Gasteiger charge is -2.62. The molecule has 3 saturated carbocycles. The number of ketones is 2. The Morgan fingerprint density at radius 1 is 0.949 bits per heavy atom. The van der Waals surface area contributed by atoms with Crippen LogP contribution in [0.2, 0.25) is 0 Å². The largest absolute Gasteiger partial charge is 0.481 e. The average Bonchev–Trinajstić information content (AvgIpc) is 3.23. The molecule has 7 rings (SSSR count). The highest BCUT2D eigenvalue weighted by Gasteiger charge is 2.57. The molecule has 3 fully saturated rings. The number of fused-ring (bicyclic) bond motifs is 1. The quantitative estimate of drug-likeness (QED) is 0.226. The van der Waals surface area contributed by atoms with Crippen molar-refractivity contribution in [2.45, 2.75) is 45.4 Å². The Labute approximate surface area is 223 Å². The molecule has 1 heterocycles. The standard InChI is InChI=1S/C32H26F2O5/c1-2-26(35)30-24-12-22(19-5-8-25(34)23(9-19)27(36)16-32-13-17(14-32)15-32)20(11-29(37)38)10-28(24)39-31(30)18-3-6-21(33)7-4-18/h3-10,12,17H,2,11,13-16H2,1H3,(H,37,38). The molecule has 0 spiro atoms. The minimum absolute atomic E-state index is 0.0114. The first-order chi connectivity index (χ1) is 18.7. The number of benzene rings is 3. The van der Waals surface area contributed by atoms with Gasteiger partial charge in [-0.25, -0.2) is 8.78 Å². The van der Waals surface area contributed by atoms with Crippen molar-refractivity contribution in [3.05, 3.63) is 82.9 Å². The second kappa shape index (κ2) is 9.26. The predicted molar refractivity (Wildman–Crippen MR) is 142 cm³/mol. The second-order valence-electron chi connectivity index (χ2n) is 10.9. The van der Waals surface area contributed by atoms with Crippen LogP contribution in [0.4, 0.5) is 8.78 Å². The van der Waals surface area contributed by atoms with Crippen LogP contribution in [0.15, 0.2) is 59.0 Å². The second-order valence-corrected chi connectivity index (χ2v) is 10.9. The van der Waals surface area contributed by atoms with Gasteiger partial charge in [-0.2, -0.15) is 0 Å². The van der Waals surface area contributed by atoms with E-state index in [1.54, 1.807) is 19.1 Å². The fourth-order valence-corrected chi connectivity index (χ4v) is 6.24. The molecule has 1 N–H and O–H groups in total. The van der Waals surface area contributed by atoms with E-state index in [1.165, 1.54) is 42.5 Å². The van der Waals surface area contributed by atoms with Crippen LogP contribution in [0.3, 0.4) is 0 Å². The first-order valence-corrected chi connectivity index (χ1v) is 13.1. The van der Waals surface area contributed by atoms with Gasteiger partial charge in [-0.3, -0.25) is 14.4 Å². The molecule has 0 saturated heterocycles. The Kier molecular flexibility index (Phi) is 5.97. The zero-order chi connectivity index (χ0) is 27.5. The third-order valence-corrected chi connectivity index (χ3v) is 8.24. The van der Waals surface area contributed by atoms with Gasteiger partial charge < -0.3 is 9.52 Å². The number of carbonyl (C=O) groups excluding carboxylic acids is 2. The number of aliphatic carboxylic acids is 1. The molecule has 39 heavy (non-hydrogen) atoms. The maximum atomic E-state index is 14.8. The first-order valence-electron chi connectivity index (χ1n) is 13.1. The number of furan rings is 1. The highest BCUT2D eigenvalue weighted by molar-refractivity contribution is 6.13. The molecule has 0 aliphatic heterocycles. The van der Waals surface area contributed by atoms with Crippen LogP contribution in [0.25, 0.3) is 33.4 Å². The molecule has 0 atom stereocenters. The number of hydrogen-bond acceptors (Lipinski definition) is 4. The molecule has 0 unspecified atom stereocenters. The molecule has 5 nitrogen and oxygen atoms in total. The van der Waals surface area contributed by atoms with Gasteiger partial charge in [0.15, 0.2) is 11.6 Å². The molecule has 3 aliphatic carbocycles. The van der Waals surface area contributed by atoms with Crippen LogP contribution in [-0.4, -0.2) is 22.6 Å². The number of carboxylic acids is 1. The van der Waals surface area contributed by atoms with Crippen LogP contribution in [-0.2, 0) is 11.2 Å². The lowest BCUT2D eigenvalue weighted by Crippen LogP contribution is -2.52. The van der Waals surface area contributed by atoms with Gasteiger partial charge in [0.1, 0.15) is 23.0 Å². The molecule has 0 radical (unpaired) electrons. The summed E-state index contributed by atoms with van der Waals surface area (Å²) in [5.74, 6) is -1.60. The zero-order valence-electron chi connectivity index (χ0n) is 21.4. The summed E-state index contributed by atoms with van der Waals surface area (Å²) in [5, 5.41) is 10.1. The van der Waals surface area contributed by atoms with Gasteiger partial charge >= 0.3 is 5.97 Å². The van der Waals surface area contributed by atoms with E-state index in [2.05, 4.69) is 0 Å². The first kappa shape index (κ1) is 25.2. The predicted octanol–water partition coefficient (Wildman–Crippen LogP) is 7.64.